The molecule has 1 aliphatic carbocycles. The van der Waals surface area contributed by atoms with Crippen molar-refractivity contribution in [3.63, 3.8) is 0 Å². The van der Waals surface area contributed by atoms with Gasteiger partial charge in [-0.2, -0.15) is 0 Å². The molecule has 1 aromatic rings. The summed E-state index contributed by atoms with van der Waals surface area (Å²) >= 11 is 0. The number of benzene rings is 1. The van der Waals surface area contributed by atoms with Gasteiger partial charge in [0.1, 0.15) is 13.2 Å². The Morgan fingerprint density at radius 2 is 2.25 bits per heavy atom. The van der Waals surface area contributed by atoms with Crippen LogP contribution in [0.1, 0.15) is 24.8 Å². The molecule has 2 fully saturated rings. The van der Waals surface area contributed by atoms with Crippen LogP contribution in [0.3, 0.4) is 0 Å². The topological polar surface area (TPSA) is 68.2 Å². The van der Waals surface area contributed by atoms with Crippen molar-refractivity contribution in [2.45, 2.75) is 25.8 Å². The number of carboxylic acid groups (broad SMARTS) is 1. The van der Waals surface area contributed by atoms with Crippen LogP contribution in [0.4, 0.5) is 0 Å². The number of fused-ring (bicyclic) bond motifs is 2. The van der Waals surface area contributed by atoms with Gasteiger partial charge < -0.3 is 19.3 Å². The molecule has 0 aromatic heterocycles. The van der Waals surface area contributed by atoms with E-state index < -0.39 is 11.4 Å². The van der Waals surface area contributed by atoms with Crippen LogP contribution >= 0.6 is 0 Å². The normalized spacial score (nSPS) is 28.6. The maximum Gasteiger partial charge on any atom is 0.311 e. The molecule has 0 unspecified atom stereocenters. The monoisotopic (exact) mass is 333 g/mol. The highest BCUT2D eigenvalue weighted by atomic mass is 16.6. The average Bonchev–Trinajstić information content (AvgIpc) is 3.12. The number of likely N-dealkylation sites (tertiary alicyclic amines) is 1. The van der Waals surface area contributed by atoms with Crippen LogP contribution in [0.2, 0.25) is 0 Å². The minimum Gasteiger partial charge on any atom is -0.493 e. The first-order valence-electron chi connectivity index (χ1n) is 8.54. The molecule has 0 bridgehead atoms. The van der Waals surface area contributed by atoms with Crippen molar-refractivity contribution in [2.24, 2.45) is 11.3 Å². The third kappa shape index (κ3) is 2.40. The van der Waals surface area contributed by atoms with Crippen molar-refractivity contribution in [1.82, 2.24) is 4.90 Å². The van der Waals surface area contributed by atoms with Gasteiger partial charge in [-0.15, -0.1) is 0 Å². The Hall–Kier alpha value is -1.95. The third-order valence-corrected chi connectivity index (χ3v) is 5.66. The smallest absolute Gasteiger partial charge is 0.311 e. The van der Waals surface area contributed by atoms with Crippen molar-refractivity contribution < 1.29 is 24.1 Å². The number of carbonyl (C=O) groups is 1. The van der Waals surface area contributed by atoms with E-state index in [-0.39, 0.29) is 5.92 Å². The molecule has 1 saturated heterocycles. The highest BCUT2D eigenvalue weighted by Crippen LogP contribution is 2.49. The summed E-state index contributed by atoms with van der Waals surface area (Å²) in [4.78, 5) is 14.1. The lowest BCUT2D eigenvalue weighted by molar-refractivity contribution is -0.149. The quantitative estimate of drug-likeness (QED) is 0.911. The van der Waals surface area contributed by atoms with E-state index in [1.54, 1.807) is 7.11 Å². The predicted octanol–water partition coefficient (Wildman–Crippen LogP) is 2.15. The van der Waals surface area contributed by atoms with Gasteiger partial charge in [0.15, 0.2) is 11.5 Å². The van der Waals surface area contributed by atoms with E-state index >= 15 is 0 Å². The molecular formula is C18H23NO5. The highest BCUT2D eigenvalue weighted by molar-refractivity contribution is 5.76. The molecule has 2 heterocycles. The van der Waals surface area contributed by atoms with Gasteiger partial charge in [0.25, 0.3) is 0 Å². The highest BCUT2D eigenvalue weighted by Gasteiger charge is 2.54. The first-order valence-corrected chi connectivity index (χ1v) is 8.54. The summed E-state index contributed by atoms with van der Waals surface area (Å²) in [6.07, 6.45) is 2.85. The summed E-state index contributed by atoms with van der Waals surface area (Å²) in [7, 11) is 1.62. The summed E-state index contributed by atoms with van der Waals surface area (Å²) in [5, 5.41) is 9.72. The Kier molecular flexibility index (Phi) is 3.79. The van der Waals surface area contributed by atoms with Crippen LogP contribution in [0.25, 0.3) is 0 Å². The molecule has 0 spiro atoms. The molecule has 1 N–H and O–H groups in total. The summed E-state index contributed by atoms with van der Waals surface area (Å²) < 4.78 is 16.8. The Labute approximate surface area is 141 Å². The first-order chi connectivity index (χ1) is 11.6. The zero-order valence-corrected chi connectivity index (χ0v) is 13.9. The van der Waals surface area contributed by atoms with Gasteiger partial charge in [0.05, 0.1) is 12.5 Å². The Balaban J connectivity index is 1.55. The van der Waals surface area contributed by atoms with Gasteiger partial charge in [-0.1, -0.05) is 6.42 Å². The first kappa shape index (κ1) is 15.6. The van der Waals surface area contributed by atoms with Gasteiger partial charge in [-0.25, -0.2) is 0 Å². The zero-order valence-electron chi connectivity index (χ0n) is 13.9. The fraction of sp³-hybridized carbons (Fsp3) is 0.611. The second kappa shape index (κ2) is 5.84. The van der Waals surface area contributed by atoms with Crippen molar-refractivity contribution >= 4 is 5.97 Å². The molecule has 6 nitrogen and oxygen atoms in total. The number of rotatable bonds is 4. The number of carboxylic acids is 1. The number of ether oxygens (including phenoxy) is 3. The van der Waals surface area contributed by atoms with Crippen molar-refractivity contribution in [3.05, 3.63) is 17.7 Å². The number of methoxy groups -OCH3 is 1. The van der Waals surface area contributed by atoms with Gasteiger partial charge in [0.2, 0.25) is 5.75 Å². The van der Waals surface area contributed by atoms with Crippen LogP contribution in [-0.2, 0) is 11.3 Å². The lowest BCUT2D eigenvalue weighted by Crippen LogP contribution is -2.35. The molecule has 0 radical (unpaired) electrons. The molecule has 2 aliphatic heterocycles. The van der Waals surface area contributed by atoms with E-state index in [0.29, 0.717) is 43.6 Å². The van der Waals surface area contributed by atoms with E-state index in [9.17, 15) is 9.90 Å². The van der Waals surface area contributed by atoms with Crippen LogP contribution in [0.15, 0.2) is 12.1 Å². The standard InChI is InChI=1S/C18H23NO5/c1-22-14-7-12(8-15-16(14)24-6-5-23-15)9-19-10-13-3-2-4-18(13,11-19)17(20)21/h7-8,13H,2-6,9-11H2,1H3,(H,20,21)/t13-,18+/m0/s1. The lowest BCUT2D eigenvalue weighted by atomic mass is 9.81. The number of aliphatic carboxylic acids is 1. The molecule has 3 aliphatic rings. The second-order valence-corrected chi connectivity index (χ2v) is 7.04. The summed E-state index contributed by atoms with van der Waals surface area (Å²) in [6.45, 7) is 3.25. The zero-order chi connectivity index (χ0) is 16.7. The van der Waals surface area contributed by atoms with Gasteiger partial charge >= 0.3 is 5.97 Å². The molecule has 2 atom stereocenters. The molecule has 24 heavy (non-hydrogen) atoms. The Morgan fingerprint density at radius 1 is 1.42 bits per heavy atom. The minimum absolute atomic E-state index is 0.272. The molecule has 130 valence electrons. The van der Waals surface area contributed by atoms with Crippen molar-refractivity contribution in [3.8, 4) is 17.2 Å². The number of nitrogens with zero attached hydrogens (tertiary/aromatic N) is 1. The molecular weight excluding hydrogens is 310 g/mol. The third-order valence-electron chi connectivity index (χ3n) is 5.66. The lowest BCUT2D eigenvalue weighted by Gasteiger charge is -2.24. The summed E-state index contributed by atoms with van der Waals surface area (Å²) in [5.74, 6) is 1.69. The molecule has 0 amide bonds. The van der Waals surface area contributed by atoms with E-state index in [2.05, 4.69) is 4.90 Å². The van der Waals surface area contributed by atoms with Crippen LogP contribution < -0.4 is 14.2 Å². The van der Waals surface area contributed by atoms with Crippen LogP contribution in [-0.4, -0.2) is 49.4 Å². The SMILES string of the molecule is COc1cc(CN2C[C@@H]3CCC[C@@]3(C(=O)O)C2)cc2c1OCCO2. The molecule has 1 aromatic carbocycles. The maximum atomic E-state index is 11.8. The van der Waals surface area contributed by atoms with E-state index in [1.165, 1.54) is 0 Å². The molecule has 1 saturated carbocycles. The predicted molar refractivity (Wildman–Crippen MR) is 86.7 cm³/mol. The minimum atomic E-state index is -0.632. The summed E-state index contributed by atoms with van der Waals surface area (Å²) in [5.41, 5.74) is 0.523. The van der Waals surface area contributed by atoms with Crippen LogP contribution in [0.5, 0.6) is 17.2 Å². The largest absolute Gasteiger partial charge is 0.493 e. The molecule has 6 heteroatoms. The Bertz CT molecular complexity index is 644. The molecule has 4 rings (SSSR count). The maximum absolute atomic E-state index is 11.8. The summed E-state index contributed by atoms with van der Waals surface area (Å²) in [6, 6.07) is 3.95. The van der Waals surface area contributed by atoms with E-state index in [4.69, 9.17) is 14.2 Å². The van der Waals surface area contributed by atoms with Gasteiger partial charge in [-0.3, -0.25) is 9.69 Å². The fourth-order valence-electron chi connectivity index (χ4n) is 4.54. The van der Waals surface area contributed by atoms with Crippen molar-refractivity contribution in [2.75, 3.05) is 33.4 Å². The van der Waals surface area contributed by atoms with Crippen LogP contribution in [0, 0.1) is 11.3 Å². The number of hydrogen-bond acceptors (Lipinski definition) is 5. The Morgan fingerprint density at radius 3 is 3.00 bits per heavy atom. The average molecular weight is 333 g/mol. The van der Waals surface area contributed by atoms with Gasteiger partial charge in [-0.05, 0) is 36.5 Å². The number of hydrogen-bond donors (Lipinski definition) is 1. The van der Waals surface area contributed by atoms with E-state index in [1.807, 2.05) is 12.1 Å². The van der Waals surface area contributed by atoms with E-state index in [0.717, 1.165) is 31.4 Å². The van der Waals surface area contributed by atoms with Crippen molar-refractivity contribution in [1.29, 1.82) is 0 Å². The van der Waals surface area contributed by atoms with Gasteiger partial charge in [0, 0.05) is 19.6 Å². The second-order valence-electron chi connectivity index (χ2n) is 7.04. The fourth-order valence-corrected chi connectivity index (χ4v) is 4.54.